The Hall–Kier alpha value is -2.37. The fourth-order valence-corrected chi connectivity index (χ4v) is 3.47. The van der Waals surface area contributed by atoms with Gasteiger partial charge in [0.05, 0.1) is 18.0 Å². The quantitative estimate of drug-likeness (QED) is 0.793. The molecular weight excluding hydrogens is 314 g/mol. The first-order valence-electron chi connectivity index (χ1n) is 8.76. The number of furan rings is 1. The molecule has 0 radical (unpaired) electrons. The Morgan fingerprint density at radius 3 is 2.88 bits per heavy atom. The minimum atomic E-state index is 0.00457. The van der Waals surface area contributed by atoms with Crippen LogP contribution >= 0.6 is 0 Å². The fourth-order valence-electron chi connectivity index (χ4n) is 3.47. The number of fused-ring (bicyclic) bond motifs is 1. The van der Waals surface area contributed by atoms with E-state index in [0.717, 1.165) is 55.4 Å². The summed E-state index contributed by atoms with van der Waals surface area (Å²) in [5.41, 5.74) is 4.33. The fraction of sp³-hybridized carbons (Fsp3) is 0.350. The molecule has 0 bridgehead atoms. The molecule has 1 N–H and O–H groups in total. The Kier molecular flexibility index (Phi) is 4.42. The molecule has 0 spiro atoms. The van der Waals surface area contributed by atoms with E-state index in [1.807, 2.05) is 29.8 Å². The van der Waals surface area contributed by atoms with E-state index in [2.05, 4.69) is 34.3 Å². The van der Waals surface area contributed by atoms with Crippen LogP contribution in [0.15, 0.2) is 46.9 Å². The number of hydrogen-bond acceptors (Lipinski definition) is 4. The molecule has 1 aliphatic rings. The highest BCUT2D eigenvalue weighted by molar-refractivity contribution is 5.58. The van der Waals surface area contributed by atoms with Crippen LogP contribution in [0, 0.1) is 6.92 Å². The van der Waals surface area contributed by atoms with Gasteiger partial charge in [0.25, 0.3) is 0 Å². The molecule has 0 saturated carbocycles. The molecule has 4 rings (SSSR count). The van der Waals surface area contributed by atoms with Gasteiger partial charge in [-0.2, -0.15) is 5.10 Å². The van der Waals surface area contributed by atoms with E-state index in [1.165, 1.54) is 11.3 Å². The molecular formula is C20H23N3O2. The second-order valence-corrected chi connectivity index (χ2v) is 6.68. The van der Waals surface area contributed by atoms with Crippen LogP contribution in [0.2, 0.25) is 0 Å². The van der Waals surface area contributed by atoms with Gasteiger partial charge in [-0.05, 0) is 43.2 Å². The Labute approximate surface area is 147 Å². The zero-order valence-electron chi connectivity index (χ0n) is 14.5. The van der Waals surface area contributed by atoms with E-state index in [9.17, 15) is 5.11 Å². The van der Waals surface area contributed by atoms with E-state index in [-0.39, 0.29) is 6.61 Å². The normalized spacial score (nSPS) is 15.1. The van der Waals surface area contributed by atoms with Crippen LogP contribution in [0.25, 0.3) is 11.3 Å². The highest BCUT2D eigenvalue weighted by Gasteiger charge is 2.17. The lowest BCUT2D eigenvalue weighted by Gasteiger charge is -2.19. The van der Waals surface area contributed by atoms with Crippen LogP contribution in [0.5, 0.6) is 0 Å². The first kappa shape index (κ1) is 16.1. The molecule has 5 nitrogen and oxygen atoms in total. The van der Waals surface area contributed by atoms with Gasteiger partial charge in [0, 0.05) is 31.7 Å². The number of hydrogen-bond donors (Lipinski definition) is 1. The molecule has 0 amide bonds. The van der Waals surface area contributed by atoms with Crippen molar-refractivity contribution in [2.24, 2.45) is 0 Å². The lowest BCUT2D eigenvalue weighted by atomic mass is 10.1. The smallest absolute Gasteiger partial charge is 0.134 e. The topological polar surface area (TPSA) is 54.4 Å². The number of aromatic nitrogens is 2. The Bertz CT molecular complexity index is 865. The summed E-state index contributed by atoms with van der Waals surface area (Å²) >= 11 is 0. The first-order chi connectivity index (χ1) is 12.2. The molecule has 25 heavy (non-hydrogen) atoms. The maximum atomic E-state index is 9.30. The summed E-state index contributed by atoms with van der Waals surface area (Å²) in [4.78, 5) is 2.44. The summed E-state index contributed by atoms with van der Waals surface area (Å²) in [6, 6.07) is 14.6. The molecule has 0 aliphatic carbocycles. The minimum Gasteiger partial charge on any atom is -0.461 e. The predicted molar refractivity (Wildman–Crippen MR) is 95.8 cm³/mol. The van der Waals surface area contributed by atoms with E-state index < -0.39 is 0 Å². The Balaban J connectivity index is 1.52. The number of aliphatic hydroxyl groups excluding tert-OH is 1. The van der Waals surface area contributed by atoms with Crippen molar-refractivity contribution in [3.8, 4) is 11.3 Å². The number of rotatable bonds is 4. The zero-order chi connectivity index (χ0) is 17.2. The van der Waals surface area contributed by atoms with Crippen molar-refractivity contribution in [2.75, 3.05) is 6.54 Å². The van der Waals surface area contributed by atoms with E-state index in [1.54, 1.807) is 0 Å². The summed E-state index contributed by atoms with van der Waals surface area (Å²) in [5, 5.41) is 13.8. The van der Waals surface area contributed by atoms with Crippen LogP contribution in [0.4, 0.5) is 0 Å². The zero-order valence-corrected chi connectivity index (χ0v) is 14.5. The van der Waals surface area contributed by atoms with Gasteiger partial charge < -0.3 is 9.52 Å². The van der Waals surface area contributed by atoms with Gasteiger partial charge in [0.1, 0.15) is 11.5 Å². The van der Waals surface area contributed by atoms with Crippen molar-refractivity contribution in [3.63, 3.8) is 0 Å². The summed E-state index contributed by atoms with van der Waals surface area (Å²) in [6.45, 7) is 5.68. The monoisotopic (exact) mass is 337 g/mol. The van der Waals surface area contributed by atoms with Gasteiger partial charge in [-0.3, -0.25) is 9.58 Å². The number of benzene rings is 1. The molecule has 1 aromatic carbocycles. The van der Waals surface area contributed by atoms with Gasteiger partial charge in [0.2, 0.25) is 0 Å². The van der Waals surface area contributed by atoms with Crippen molar-refractivity contribution in [1.82, 2.24) is 14.7 Å². The molecule has 0 atom stereocenters. The van der Waals surface area contributed by atoms with E-state index in [4.69, 9.17) is 4.42 Å². The largest absolute Gasteiger partial charge is 0.461 e. The SMILES string of the molecule is Cc1ccc(-c2cccc(CN3CCCn4nc(CO)cc4C3)c2)o1. The second-order valence-electron chi connectivity index (χ2n) is 6.68. The number of aryl methyl sites for hydroxylation is 2. The van der Waals surface area contributed by atoms with Crippen molar-refractivity contribution >= 4 is 0 Å². The summed E-state index contributed by atoms with van der Waals surface area (Å²) in [6.07, 6.45) is 1.07. The second kappa shape index (κ2) is 6.86. The average Bonchev–Trinajstić information content (AvgIpc) is 3.17. The highest BCUT2D eigenvalue weighted by Crippen LogP contribution is 2.24. The standard InChI is InChI=1S/C20H23N3O2/c1-15-6-7-20(25-15)17-5-2-4-16(10-17)12-22-8-3-9-23-19(13-22)11-18(14-24)21-23/h2,4-7,10-11,24H,3,8-9,12-14H2,1H3. The lowest BCUT2D eigenvalue weighted by Crippen LogP contribution is -2.22. The van der Waals surface area contributed by atoms with Crippen LogP contribution in [0.3, 0.4) is 0 Å². The molecule has 130 valence electrons. The highest BCUT2D eigenvalue weighted by atomic mass is 16.3. The summed E-state index contributed by atoms with van der Waals surface area (Å²) in [5.74, 6) is 1.85. The van der Waals surface area contributed by atoms with Crippen LogP contribution in [0.1, 0.15) is 29.1 Å². The van der Waals surface area contributed by atoms with Crippen LogP contribution < -0.4 is 0 Å². The van der Waals surface area contributed by atoms with Crippen LogP contribution in [-0.2, 0) is 26.2 Å². The average molecular weight is 337 g/mol. The van der Waals surface area contributed by atoms with Crippen LogP contribution in [-0.4, -0.2) is 26.3 Å². The van der Waals surface area contributed by atoms with Gasteiger partial charge in [-0.1, -0.05) is 18.2 Å². The van der Waals surface area contributed by atoms with Gasteiger partial charge in [-0.25, -0.2) is 0 Å². The van der Waals surface area contributed by atoms with Gasteiger partial charge in [0.15, 0.2) is 0 Å². The maximum Gasteiger partial charge on any atom is 0.134 e. The van der Waals surface area contributed by atoms with E-state index >= 15 is 0 Å². The third-order valence-electron chi connectivity index (χ3n) is 4.66. The molecule has 2 aromatic heterocycles. The molecule has 0 fully saturated rings. The Morgan fingerprint density at radius 1 is 1.16 bits per heavy atom. The molecule has 1 aliphatic heterocycles. The third kappa shape index (κ3) is 3.52. The molecule has 0 unspecified atom stereocenters. The van der Waals surface area contributed by atoms with Gasteiger partial charge in [-0.15, -0.1) is 0 Å². The van der Waals surface area contributed by atoms with Crippen molar-refractivity contribution in [3.05, 3.63) is 65.2 Å². The van der Waals surface area contributed by atoms with Crippen molar-refractivity contribution < 1.29 is 9.52 Å². The lowest BCUT2D eigenvalue weighted by molar-refractivity contribution is 0.260. The molecule has 0 saturated heterocycles. The third-order valence-corrected chi connectivity index (χ3v) is 4.66. The number of nitrogens with zero attached hydrogens (tertiary/aromatic N) is 3. The predicted octanol–water partition coefficient (Wildman–Crippen LogP) is 3.35. The summed E-state index contributed by atoms with van der Waals surface area (Å²) < 4.78 is 7.78. The molecule has 3 heterocycles. The Morgan fingerprint density at radius 2 is 2.08 bits per heavy atom. The minimum absolute atomic E-state index is 0.00457. The molecule has 3 aromatic rings. The summed E-state index contributed by atoms with van der Waals surface area (Å²) in [7, 11) is 0. The first-order valence-corrected chi connectivity index (χ1v) is 8.76. The molecule has 5 heteroatoms. The van der Waals surface area contributed by atoms with E-state index in [0.29, 0.717) is 0 Å². The maximum absolute atomic E-state index is 9.30. The number of aliphatic hydroxyl groups is 1. The van der Waals surface area contributed by atoms with Crippen molar-refractivity contribution in [1.29, 1.82) is 0 Å². The van der Waals surface area contributed by atoms with Gasteiger partial charge >= 0.3 is 0 Å². The van der Waals surface area contributed by atoms with Crippen molar-refractivity contribution in [2.45, 2.75) is 39.6 Å².